The summed E-state index contributed by atoms with van der Waals surface area (Å²) in [5.41, 5.74) is 2.02. The van der Waals surface area contributed by atoms with Crippen molar-refractivity contribution in [2.45, 2.75) is 61.9 Å². The second-order valence-electron chi connectivity index (χ2n) is 7.94. The Labute approximate surface area is 170 Å². The summed E-state index contributed by atoms with van der Waals surface area (Å²) in [6.07, 6.45) is 4.56. The maximum Gasteiger partial charge on any atom is 0.253 e. The largest absolute Gasteiger partial charge is 0.352 e. The first-order chi connectivity index (χ1) is 13.4. The first-order valence-corrected chi connectivity index (χ1v) is 12.2. The van der Waals surface area contributed by atoms with E-state index in [2.05, 4.69) is 12.2 Å². The molecule has 1 aliphatic heterocycles. The van der Waals surface area contributed by atoms with Crippen LogP contribution in [0.4, 0.5) is 0 Å². The zero-order chi connectivity index (χ0) is 19.7. The van der Waals surface area contributed by atoms with Crippen LogP contribution in [0.15, 0.2) is 46.0 Å². The zero-order valence-corrected chi connectivity index (χ0v) is 17.6. The van der Waals surface area contributed by atoms with Crippen molar-refractivity contribution < 1.29 is 13.2 Å². The van der Waals surface area contributed by atoms with Gasteiger partial charge in [-0.2, -0.15) is 4.31 Å². The summed E-state index contributed by atoms with van der Waals surface area (Å²) in [6.45, 7) is 2.47. The van der Waals surface area contributed by atoms with Crippen LogP contribution >= 0.6 is 11.3 Å². The van der Waals surface area contributed by atoms with Crippen molar-refractivity contribution in [3.63, 3.8) is 0 Å². The maximum atomic E-state index is 13.3. The topological polar surface area (TPSA) is 66.5 Å². The van der Waals surface area contributed by atoms with E-state index in [1.54, 1.807) is 17.5 Å². The summed E-state index contributed by atoms with van der Waals surface area (Å²) >= 11 is 1.19. The highest BCUT2D eigenvalue weighted by Crippen LogP contribution is 2.31. The number of carbonyl (C=O) groups is 1. The molecule has 2 aliphatic rings. The van der Waals surface area contributed by atoms with Gasteiger partial charge in [0, 0.05) is 12.6 Å². The summed E-state index contributed by atoms with van der Waals surface area (Å²) in [5, 5.41) is 4.90. The van der Waals surface area contributed by atoms with Crippen LogP contribution in [-0.2, 0) is 27.8 Å². The van der Waals surface area contributed by atoms with Crippen LogP contribution in [0.1, 0.15) is 43.7 Å². The lowest BCUT2D eigenvalue weighted by atomic mass is 9.87. The molecule has 4 rings (SSSR count). The minimum atomic E-state index is -3.71. The minimum Gasteiger partial charge on any atom is -0.352 e. The molecule has 0 spiro atoms. The highest BCUT2D eigenvalue weighted by atomic mass is 32.2. The van der Waals surface area contributed by atoms with E-state index in [9.17, 15) is 13.2 Å². The van der Waals surface area contributed by atoms with E-state index in [1.807, 2.05) is 24.3 Å². The van der Waals surface area contributed by atoms with E-state index in [4.69, 9.17) is 0 Å². The number of hydrogen-bond donors (Lipinski definition) is 1. The first-order valence-electron chi connectivity index (χ1n) is 9.87. The Balaban J connectivity index is 1.61. The lowest BCUT2D eigenvalue weighted by molar-refractivity contribution is -0.126. The molecule has 5 nitrogen and oxygen atoms in total. The van der Waals surface area contributed by atoms with Gasteiger partial charge >= 0.3 is 0 Å². The summed E-state index contributed by atoms with van der Waals surface area (Å²) < 4.78 is 28.2. The number of rotatable bonds is 4. The lowest BCUT2D eigenvalue weighted by Gasteiger charge is -2.36. The van der Waals surface area contributed by atoms with Crippen molar-refractivity contribution in [2.24, 2.45) is 5.92 Å². The fourth-order valence-corrected chi connectivity index (χ4v) is 6.89. The number of fused-ring (bicyclic) bond motifs is 1. The predicted octanol–water partition coefficient (Wildman–Crippen LogP) is 3.56. The highest BCUT2D eigenvalue weighted by Gasteiger charge is 2.40. The monoisotopic (exact) mass is 418 g/mol. The van der Waals surface area contributed by atoms with Crippen LogP contribution < -0.4 is 5.32 Å². The van der Waals surface area contributed by atoms with E-state index >= 15 is 0 Å². The molecule has 1 fully saturated rings. The summed E-state index contributed by atoms with van der Waals surface area (Å²) in [6, 6.07) is 10.6. The van der Waals surface area contributed by atoms with Gasteiger partial charge in [0.1, 0.15) is 10.3 Å². The standard InChI is InChI=1S/C21H26N2O3S2/c1-15-8-10-18(11-9-15)22-21(24)19-13-16-5-2-3-6-17(16)14-23(19)28(25,26)20-7-4-12-27-20/h2-7,12,15,18-19H,8-11,13-14H2,1H3,(H,22,24). The Kier molecular flexibility index (Phi) is 5.58. The molecule has 28 heavy (non-hydrogen) atoms. The van der Waals surface area contributed by atoms with Crippen LogP contribution in [-0.4, -0.2) is 30.7 Å². The van der Waals surface area contributed by atoms with E-state index in [-0.39, 0.29) is 22.7 Å². The molecule has 7 heteroatoms. The number of carbonyl (C=O) groups excluding carboxylic acids is 1. The second-order valence-corrected chi connectivity index (χ2v) is 11.0. The number of thiophene rings is 1. The lowest BCUT2D eigenvalue weighted by Crippen LogP contribution is -2.54. The SMILES string of the molecule is CC1CCC(NC(=O)C2Cc3ccccc3CN2S(=O)(=O)c2cccs2)CC1. The van der Waals surface area contributed by atoms with Crippen LogP contribution in [0.2, 0.25) is 0 Å². The number of benzene rings is 1. The third kappa shape index (κ3) is 3.88. The number of nitrogens with zero attached hydrogens (tertiary/aromatic N) is 1. The molecular weight excluding hydrogens is 392 g/mol. The first kappa shape index (κ1) is 19.6. The van der Waals surface area contributed by atoms with E-state index in [0.717, 1.165) is 36.8 Å². The van der Waals surface area contributed by atoms with E-state index in [0.29, 0.717) is 12.3 Å². The Morgan fingerprint density at radius 3 is 2.46 bits per heavy atom. The summed E-state index contributed by atoms with van der Waals surface area (Å²) in [5.74, 6) is 0.527. The van der Waals surface area contributed by atoms with Gasteiger partial charge in [-0.25, -0.2) is 8.42 Å². The van der Waals surface area contributed by atoms with Crippen molar-refractivity contribution in [1.82, 2.24) is 9.62 Å². The molecular formula is C21H26N2O3S2. The predicted molar refractivity (Wildman–Crippen MR) is 111 cm³/mol. The second kappa shape index (κ2) is 7.97. The molecule has 1 N–H and O–H groups in total. The molecule has 2 heterocycles. The molecule has 1 atom stereocenters. The molecule has 1 unspecified atom stereocenters. The van der Waals surface area contributed by atoms with Gasteiger partial charge in [-0.3, -0.25) is 4.79 Å². The molecule has 0 radical (unpaired) electrons. The molecule has 0 bridgehead atoms. The van der Waals surface area contributed by atoms with Crippen molar-refractivity contribution in [3.05, 3.63) is 52.9 Å². The molecule has 150 valence electrons. The fraction of sp³-hybridized carbons (Fsp3) is 0.476. The van der Waals surface area contributed by atoms with E-state index in [1.165, 1.54) is 15.6 Å². The minimum absolute atomic E-state index is 0.146. The third-order valence-corrected chi connectivity index (χ3v) is 9.16. The van der Waals surface area contributed by atoms with E-state index < -0.39 is 16.1 Å². The Bertz CT molecular complexity index is 932. The number of amides is 1. The maximum absolute atomic E-state index is 13.3. The van der Waals surface area contributed by atoms with Crippen molar-refractivity contribution in [1.29, 1.82) is 0 Å². The molecule has 1 saturated carbocycles. The van der Waals surface area contributed by atoms with Crippen LogP contribution in [0, 0.1) is 5.92 Å². The fourth-order valence-electron chi connectivity index (χ4n) is 4.20. The van der Waals surface area contributed by atoms with Crippen LogP contribution in [0.25, 0.3) is 0 Å². The zero-order valence-electron chi connectivity index (χ0n) is 16.0. The summed E-state index contributed by atoms with van der Waals surface area (Å²) in [7, 11) is -3.71. The molecule has 1 aliphatic carbocycles. The molecule has 1 aromatic heterocycles. The average Bonchev–Trinajstić information content (AvgIpc) is 3.24. The van der Waals surface area contributed by atoms with Gasteiger partial charge in [-0.1, -0.05) is 37.3 Å². The van der Waals surface area contributed by atoms with Gasteiger partial charge in [0.15, 0.2) is 0 Å². The van der Waals surface area contributed by atoms with Gasteiger partial charge in [-0.15, -0.1) is 11.3 Å². The molecule has 1 amide bonds. The van der Waals surface area contributed by atoms with Gasteiger partial charge in [-0.05, 0) is 60.6 Å². The number of hydrogen-bond acceptors (Lipinski definition) is 4. The van der Waals surface area contributed by atoms with Crippen LogP contribution in [0.3, 0.4) is 0 Å². The normalized spacial score (nSPS) is 25.8. The quantitative estimate of drug-likeness (QED) is 0.826. The Morgan fingerprint density at radius 1 is 1.07 bits per heavy atom. The Morgan fingerprint density at radius 2 is 1.79 bits per heavy atom. The number of sulfonamides is 1. The van der Waals surface area contributed by atoms with Gasteiger partial charge < -0.3 is 5.32 Å². The molecule has 1 aromatic carbocycles. The van der Waals surface area contributed by atoms with Crippen molar-refractivity contribution in [2.75, 3.05) is 0 Å². The molecule has 0 saturated heterocycles. The van der Waals surface area contributed by atoms with Gasteiger partial charge in [0.2, 0.25) is 5.91 Å². The van der Waals surface area contributed by atoms with Crippen molar-refractivity contribution >= 4 is 27.3 Å². The smallest absolute Gasteiger partial charge is 0.253 e. The van der Waals surface area contributed by atoms with Gasteiger partial charge in [0.05, 0.1) is 0 Å². The van der Waals surface area contributed by atoms with Crippen molar-refractivity contribution in [3.8, 4) is 0 Å². The summed E-state index contributed by atoms with van der Waals surface area (Å²) in [4.78, 5) is 13.2. The third-order valence-electron chi connectivity index (χ3n) is 5.93. The number of nitrogens with one attached hydrogen (secondary N) is 1. The Hall–Kier alpha value is -1.70. The van der Waals surface area contributed by atoms with Gasteiger partial charge in [0.25, 0.3) is 10.0 Å². The molecule has 2 aromatic rings. The highest BCUT2D eigenvalue weighted by molar-refractivity contribution is 7.91. The van der Waals surface area contributed by atoms with Crippen LogP contribution in [0.5, 0.6) is 0 Å². The average molecular weight is 419 g/mol.